The van der Waals surface area contributed by atoms with Crippen LogP contribution in [0.25, 0.3) is 0 Å². The van der Waals surface area contributed by atoms with Crippen LogP contribution in [-0.2, 0) is 0 Å². The van der Waals surface area contributed by atoms with Crippen LogP contribution in [0.2, 0.25) is 0 Å². The highest BCUT2D eigenvalue weighted by molar-refractivity contribution is 7.10. The van der Waals surface area contributed by atoms with E-state index in [4.69, 9.17) is 0 Å². The SMILES string of the molecule is CNC(CCC1CC1)c1cccs1. The number of rotatable bonds is 5. The Morgan fingerprint density at radius 3 is 3.00 bits per heavy atom. The summed E-state index contributed by atoms with van der Waals surface area (Å²) in [7, 11) is 2.07. The van der Waals surface area contributed by atoms with E-state index in [2.05, 4.69) is 29.9 Å². The van der Waals surface area contributed by atoms with Gasteiger partial charge in [0.2, 0.25) is 0 Å². The Hall–Kier alpha value is -0.340. The van der Waals surface area contributed by atoms with Crippen LogP contribution in [0.1, 0.15) is 36.6 Å². The van der Waals surface area contributed by atoms with Crippen LogP contribution < -0.4 is 5.32 Å². The van der Waals surface area contributed by atoms with Crippen LogP contribution in [0.15, 0.2) is 17.5 Å². The fourth-order valence-electron chi connectivity index (χ4n) is 1.73. The lowest BCUT2D eigenvalue weighted by Gasteiger charge is -2.13. The highest BCUT2D eigenvalue weighted by Gasteiger charge is 2.22. The molecular weight excluding hydrogens is 178 g/mol. The predicted octanol–water partition coefficient (Wildman–Crippen LogP) is 3.20. The highest BCUT2D eigenvalue weighted by Crippen LogP contribution is 2.36. The maximum absolute atomic E-state index is 3.40. The molecule has 1 heterocycles. The van der Waals surface area contributed by atoms with Crippen molar-refractivity contribution in [2.24, 2.45) is 5.92 Å². The molecule has 2 heteroatoms. The molecule has 0 bridgehead atoms. The van der Waals surface area contributed by atoms with E-state index >= 15 is 0 Å². The summed E-state index contributed by atoms with van der Waals surface area (Å²) in [6.45, 7) is 0. The summed E-state index contributed by atoms with van der Waals surface area (Å²) in [6, 6.07) is 4.97. The normalized spacial score (nSPS) is 18.8. The van der Waals surface area contributed by atoms with Gasteiger partial charge in [-0.15, -0.1) is 11.3 Å². The van der Waals surface area contributed by atoms with Crippen molar-refractivity contribution in [2.75, 3.05) is 7.05 Å². The molecule has 1 fully saturated rings. The third kappa shape index (κ3) is 2.55. The van der Waals surface area contributed by atoms with Crippen molar-refractivity contribution in [1.82, 2.24) is 5.32 Å². The highest BCUT2D eigenvalue weighted by atomic mass is 32.1. The third-order valence-corrected chi connectivity index (χ3v) is 3.78. The van der Waals surface area contributed by atoms with Crippen molar-refractivity contribution >= 4 is 11.3 Å². The zero-order valence-corrected chi connectivity index (χ0v) is 8.94. The first-order chi connectivity index (χ1) is 6.40. The van der Waals surface area contributed by atoms with Gasteiger partial charge in [-0.1, -0.05) is 18.9 Å². The average molecular weight is 195 g/mol. The van der Waals surface area contributed by atoms with Crippen molar-refractivity contribution in [1.29, 1.82) is 0 Å². The largest absolute Gasteiger partial charge is 0.312 e. The maximum Gasteiger partial charge on any atom is 0.0412 e. The quantitative estimate of drug-likeness (QED) is 0.761. The van der Waals surface area contributed by atoms with Crippen molar-refractivity contribution in [3.8, 4) is 0 Å². The molecule has 1 atom stereocenters. The van der Waals surface area contributed by atoms with E-state index in [0.29, 0.717) is 6.04 Å². The molecule has 0 radical (unpaired) electrons. The molecular formula is C11H17NS. The van der Waals surface area contributed by atoms with Gasteiger partial charge in [0.15, 0.2) is 0 Å². The van der Waals surface area contributed by atoms with Crippen LogP contribution in [0.3, 0.4) is 0 Å². The third-order valence-electron chi connectivity index (χ3n) is 2.80. The van der Waals surface area contributed by atoms with E-state index in [1.54, 1.807) is 0 Å². The number of hydrogen-bond acceptors (Lipinski definition) is 2. The molecule has 13 heavy (non-hydrogen) atoms. The van der Waals surface area contributed by atoms with Gasteiger partial charge in [-0.05, 0) is 37.3 Å². The zero-order valence-electron chi connectivity index (χ0n) is 8.12. The molecule has 2 rings (SSSR count). The summed E-state index contributed by atoms with van der Waals surface area (Å²) in [5.74, 6) is 1.05. The van der Waals surface area contributed by atoms with E-state index in [9.17, 15) is 0 Å². The fourth-order valence-corrected chi connectivity index (χ4v) is 2.60. The minimum absolute atomic E-state index is 0.598. The van der Waals surface area contributed by atoms with Gasteiger partial charge in [0, 0.05) is 10.9 Å². The molecule has 1 aromatic rings. The minimum atomic E-state index is 0.598. The molecule has 1 nitrogen and oxygen atoms in total. The molecule has 0 aliphatic heterocycles. The first kappa shape index (κ1) is 9.22. The molecule has 0 saturated heterocycles. The summed E-state index contributed by atoms with van der Waals surface area (Å²) in [4.78, 5) is 1.49. The Bertz CT molecular complexity index is 239. The van der Waals surface area contributed by atoms with Crippen molar-refractivity contribution in [3.05, 3.63) is 22.4 Å². The van der Waals surface area contributed by atoms with Crippen molar-refractivity contribution in [3.63, 3.8) is 0 Å². The standard InChI is InChI=1S/C11H17NS/c1-12-10(7-6-9-4-5-9)11-3-2-8-13-11/h2-3,8-10,12H,4-7H2,1H3. The van der Waals surface area contributed by atoms with Crippen LogP contribution in [0.4, 0.5) is 0 Å². The Kier molecular flexibility index (Phi) is 3.01. The van der Waals surface area contributed by atoms with Gasteiger partial charge in [-0.3, -0.25) is 0 Å². The van der Waals surface area contributed by atoms with E-state index in [1.165, 1.54) is 30.6 Å². The van der Waals surface area contributed by atoms with Crippen LogP contribution in [0.5, 0.6) is 0 Å². The molecule has 1 N–H and O–H groups in total. The Labute approximate surface area is 84.2 Å². The average Bonchev–Trinajstić information content (AvgIpc) is 2.81. The second kappa shape index (κ2) is 4.25. The lowest BCUT2D eigenvalue weighted by molar-refractivity contribution is 0.513. The molecule has 1 aliphatic carbocycles. The van der Waals surface area contributed by atoms with Gasteiger partial charge >= 0.3 is 0 Å². The van der Waals surface area contributed by atoms with Crippen LogP contribution in [0, 0.1) is 5.92 Å². The summed E-state index contributed by atoms with van der Waals surface area (Å²) >= 11 is 1.87. The maximum atomic E-state index is 3.40. The van der Waals surface area contributed by atoms with Gasteiger partial charge < -0.3 is 5.32 Å². The summed E-state index contributed by atoms with van der Waals surface area (Å²) in [5.41, 5.74) is 0. The number of nitrogens with one attached hydrogen (secondary N) is 1. The molecule has 1 unspecified atom stereocenters. The number of hydrogen-bond donors (Lipinski definition) is 1. The molecule has 0 spiro atoms. The second-order valence-corrected chi connectivity index (χ2v) is 4.86. The topological polar surface area (TPSA) is 12.0 Å². The zero-order chi connectivity index (χ0) is 9.10. The summed E-state index contributed by atoms with van der Waals surface area (Å²) < 4.78 is 0. The van der Waals surface area contributed by atoms with E-state index in [0.717, 1.165) is 5.92 Å². The number of thiophene rings is 1. The monoisotopic (exact) mass is 195 g/mol. The van der Waals surface area contributed by atoms with E-state index < -0.39 is 0 Å². The Morgan fingerprint density at radius 2 is 2.46 bits per heavy atom. The molecule has 72 valence electrons. The summed E-state index contributed by atoms with van der Waals surface area (Å²) in [5, 5.41) is 5.56. The lowest BCUT2D eigenvalue weighted by Crippen LogP contribution is -2.15. The Balaban J connectivity index is 1.85. The van der Waals surface area contributed by atoms with Crippen LogP contribution in [-0.4, -0.2) is 7.05 Å². The molecule has 1 saturated carbocycles. The van der Waals surface area contributed by atoms with Crippen molar-refractivity contribution < 1.29 is 0 Å². The molecule has 0 amide bonds. The van der Waals surface area contributed by atoms with Gasteiger partial charge in [0.25, 0.3) is 0 Å². The lowest BCUT2D eigenvalue weighted by atomic mass is 10.1. The smallest absolute Gasteiger partial charge is 0.0412 e. The predicted molar refractivity (Wildman–Crippen MR) is 58.1 cm³/mol. The molecule has 0 aromatic carbocycles. The minimum Gasteiger partial charge on any atom is -0.312 e. The Morgan fingerprint density at radius 1 is 1.62 bits per heavy atom. The van der Waals surface area contributed by atoms with E-state index in [1.807, 2.05) is 11.3 Å². The van der Waals surface area contributed by atoms with Gasteiger partial charge in [-0.2, -0.15) is 0 Å². The second-order valence-electron chi connectivity index (χ2n) is 3.88. The molecule has 1 aliphatic rings. The van der Waals surface area contributed by atoms with E-state index in [-0.39, 0.29) is 0 Å². The van der Waals surface area contributed by atoms with Gasteiger partial charge in [0.05, 0.1) is 0 Å². The van der Waals surface area contributed by atoms with Crippen molar-refractivity contribution in [2.45, 2.75) is 31.7 Å². The van der Waals surface area contributed by atoms with Crippen LogP contribution >= 0.6 is 11.3 Å². The summed E-state index contributed by atoms with van der Waals surface area (Å²) in [6.07, 6.45) is 5.66. The van der Waals surface area contributed by atoms with Gasteiger partial charge in [-0.25, -0.2) is 0 Å². The first-order valence-electron chi connectivity index (χ1n) is 5.11. The molecule has 1 aromatic heterocycles. The first-order valence-corrected chi connectivity index (χ1v) is 5.99. The fraction of sp³-hybridized carbons (Fsp3) is 0.636. The van der Waals surface area contributed by atoms with Gasteiger partial charge in [0.1, 0.15) is 0 Å².